The summed E-state index contributed by atoms with van der Waals surface area (Å²) in [4.78, 5) is 0. The Morgan fingerprint density at radius 3 is 2.44 bits per heavy atom. The zero-order valence-corrected chi connectivity index (χ0v) is 13.7. The Hall–Kier alpha value is -3.48. The first-order chi connectivity index (χ1) is 12.3. The molecule has 2 heterocycles. The second-order valence-corrected chi connectivity index (χ2v) is 5.72. The Bertz CT molecular complexity index is 964. The van der Waals surface area contributed by atoms with E-state index in [4.69, 9.17) is 0 Å². The van der Waals surface area contributed by atoms with Gasteiger partial charge in [0.05, 0.1) is 0 Å². The third-order valence-corrected chi connectivity index (χ3v) is 3.91. The van der Waals surface area contributed by atoms with Crippen molar-refractivity contribution < 1.29 is 0 Å². The van der Waals surface area contributed by atoms with Gasteiger partial charge in [0.25, 0.3) is 0 Å². The molecule has 0 saturated carbocycles. The molecule has 0 aliphatic carbocycles. The summed E-state index contributed by atoms with van der Waals surface area (Å²) < 4.78 is 1.39. The van der Waals surface area contributed by atoms with Crippen molar-refractivity contribution in [2.75, 3.05) is 10.6 Å². The molecular weight excluding hydrogens is 314 g/mol. The normalized spacial score (nSPS) is 12.0. The number of aromatic nitrogens is 5. The van der Waals surface area contributed by atoms with Crippen LogP contribution in [0.4, 0.5) is 17.2 Å². The van der Waals surface area contributed by atoms with Gasteiger partial charge in [-0.3, -0.25) is 0 Å². The van der Waals surface area contributed by atoms with Crippen LogP contribution in [0.2, 0.25) is 0 Å². The van der Waals surface area contributed by atoms with Gasteiger partial charge in [0.2, 0.25) is 0 Å². The molecule has 0 amide bonds. The summed E-state index contributed by atoms with van der Waals surface area (Å²) in [6, 6.07) is 22.3. The van der Waals surface area contributed by atoms with E-state index < -0.39 is 0 Å². The summed E-state index contributed by atoms with van der Waals surface area (Å²) in [6.45, 7) is 2.15. The zero-order chi connectivity index (χ0) is 17.1. The van der Waals surface area contributed by atoms with Crippen molar-refractivity contribution in [3.05, 3.63) is 72.3 Å². The highest BCUT2D eigenvalue weighted by atomic mass is 15.6. The highest BCUT2D eigenvalue weighted by Crippen LogP contribution is 2.22. The lowest BCUT2D eigenvalue weighted by Gasteiger charge is -2.16. The van der Waals surface area contributed by atoms with E-state index in [1.54, 1.807) is 0 Å². The van der Waals surface area contributed by atoms with Crippen molar-refractivity contribution in [3.63, 3.8) is 0 Å². The second-order valence-electron chi connectivity index (χ2n) is 5.72. The van der Waals surface area contributed by atoms with Crippen molar-refractivity contribution in [1.82, 2.24) is 25.3 Å². The molecule has 7 heteroatoms. The van der Waals surface area contributed by atoms with E-state index in [1.165, 1.54) is 10.2 Å². The fraction of sp³-hybridized carbons (Fsp3) is 0.111. The van der Waals surface area contributed by atoms with Crippen LogP contribution in [0.15, 0.2) is 66.7 Å². The minimum absolute atomic E-state index is 0.240. The summed E-state index contributed by atoms with van der Waals surface area (Å²) in [5.74, 6) is 0.679. The van der Waals surface area contributed by atoms with E-state index in [2.05, 4.69) is 62.4 Å². The van der Waals surface area contributed by atoms with E-state index in [0.29, 0.717) is 11.5 Å². The number of hydrogen-bond donors (Lipinski definition) is 2. The minimum atomic E-state index is 0.240. The summed E-state index contributed by atoms with van der Waals surface area (Å²) >= 11 is 0. The van der Waals surface area contributed by atoms with Crippen LogP contribution in [-0.4, -0.2) is 25.3 Å². The molecule has 0 bridgehead atoms. The van der Waals surface area contributed by atoms with Gasteiger partial charge in [0.15, 0.2) is 11.5 Å². The Kier molecular flexibility index (Phi) is 3.96. The fourth-order valence-electron chi connectivity index (χ4n) is 2.59. The number of nitrogens with zero attached hydrogens (tertiary/aromatic N) is 5. The maximum atomic E-state index is 4.29. The van der Waals surface area contributed by atoms with Crippen LogP contribution in [0.5, 0.6) is 0 Å². The van der Waals surface area contributed by atoms with Crippen molar-refractivity contribution in [1.29, 1.82) is 0 Å². The van der Waals surface area contributed by atoms with E-state index in [1.807, 2.05) is 42.5 Å². The first-order valence-corrected chi connectivity index (χ1v) is 8.02. The average molecular weight is 331 g/mol. The van der Waals surface area contributed by atoms with Gasteiger partial charge in [-0.05, 0) is 59.3 Å². The topological polar surface area (TPSA) is 80.0 Å². The third-order valence-electron chi connectivity index (χ3n) is 3.91. The zero-order valence-electron chi connectivity index (χ0n) is 13.7. The number of nitrogens with one attached hydrogen (secondary N) is 2. The molecule has 2 aromatic carbocycles. The summed E-state index contributed by atoms with van der Waals surface area (Å²) in [6.07, 6.45) is 0. The molecule has 7 nitrogen and oxygen atoms in total. The molecular formula is C18H17N7. The summed E-state index contributed by atoms with van der Waals surface area (Å²) in [5, 5.41) is 22.2. The Balaban J connectivity index is 1.44. The van der Waals surface area contributed by atoms with Gasteiger partial charge in [-0.2, -0.15) is 0 Å². The van der Waals surface area contributed by atoms with Gasteiger partial charge in [-0.15, -0.1) is 14.8 Å². The minimum Gasteiger partial charge on any atom is -0.379 e. The largest absolute Gasteiger partial charge is 0.379 e. The van der Waals surface area contributed by atoms with E-state index in [9.17, 15) is 0 Å². The van der Waals surface area contributed by atoms with Crippen molar-refractivity contribution >= 4 is 22.8 Å². The molecule has 0 fully saturated rings. The van der Waals surface area contributed by atoms with E-state index >= 15 is 0 Å². The van der Waals surface area contributed by atoms with Crippen LogP contribution in [0.3, 0.4) is 0 Å². The predicted molar refractivity (Wildman–Crippen MR) is 96.8 cm³/mol. The molecule has 4 aromatic rings. The molecule has 25 heavy (non-hydrogen) atoms. The maximum absolute atomic E-state index is 4.29. The Morgan fingerprint density at radius 1 is 0.880 bits per heavy atom. The predicted octanol–water partition coefficient (Wildman–Crippen LogP) is 3.44. The van der Waals surface area contributed by atoms with Crippen LogP contribution in [0, 0.1) is 0 Å². The quantitative estimate of drug-likeness (QED) is 0.583. The number of rotatable bonds is 5. The van der Waals surface area contributed by atoms with Crippen molar-refractivity contribution in [2.45, 2.75) is 13.0 Å². The van der Waals surface area contributed by atoms with Gasteiger partial charge in [-0.25, -0.2) is 0 Å². The lowest BCUT2D eigenvalue weighted by atomic mass is 10.1. The number of benzene rings is 2. The number of anilines is 3. The van der Waals surface area contributed by atoms with Gasteiger partial charge >= 0.3 is 0 Å². The number of fused-ring (bicyclic) bond motifs is 1. The monoisotopic (exact) mass is 331 g/mol. The third kappa shape index (κ3) is 3.40. The highest BCUT2D eigenvalue weighted by Gasteiger charge is 2.05. The molecule has 124 valence electrons. The van der Waals surface area contributed by atoms with Gasteiger partial charge < -0.3 is 10.6 Å². The van der Waals surface area contributed by atoms with Crippen LogP contribution < -0.4 is 10.6 Å². The first-order valence-electron chi connectivity index (χ1n) is 8.02. The first kappa shape index (κ1) is 15.1. The number of tetrazole rings is 1. The average Bonchev–Trinajstić information content (AvgIpc) is 3.12. The smallest absolute Gasteiger partial charge is 0.200 e. The van der Waals surface area contributed by atoms with Crippen LogP contribution in [-0.2, 0) is 0 Å². The summed E-state index contributed by atoms with van der Waals surface area (Å²) in [5.41, 5.74) is 3.87. The molecule has 0 aliphatic heterocycles. The number of hydrogen-bond acceptors (Lipinski definition) is 6. The molecule has 0 radical (unpaired) electrons. The second kappa shape index (κ2) is 6.56. The molecule has 0 spiro atoms. The molecule has 1 unspecified atom stereocenters. The standard InChI is InChI=1S/C18H17N7/c1-13(14-5-3-2-4-6-14)19-15-7-9-16(10-8-15)20-17-11-12-18-21-23-24-25(18)22-17/h2-13,19H,1H3,(H,20,22). The van der Waals surface area contributed by atoms with Gasteiger partial charge in [-0.1, -0.05) is 30.3 Å². The van der Waals surface area contributed by atoms with E-state index in [0.717, 1.165) is 11.4 Å². The van der Waals surface area contributed by atoms with Crippen molar-refractivity contribution in [3.8, 4) is 0 Å². The highest BCUT2D eigenvalue weighted by molar-refractivity contribution is 5.60. The van der Waals surface area contributed by atoms with Crippen LogP contribution >= 0.6 is 0 Å². The lowest BCUT2D eigenvalue weighted by Crippen LogP contribution is -2.06. The van der Waals surface area contributed by atoms with Crippen molar-refractivity contribution in [2.24, 2.45) is 0 Å². The molecule has 4 rings (SSSR count). The fourth-order valence-corrected chi connectivity index (χ4v) is 2.59. The lowest BCUT2D eigenvalue weighted by molar-refractivity contribution is 0.736. The summed E-state index contributed by atoms with van der Waals surface area (Å²) in [7, 11) is 0. The Morgan fingerprint density at radius 2 is 1.64 bits per heavy atom. The maximum Gasteiger partial charge on any atom is 0.200 e. The van der Waals surface area contributed by atoms with Gasteiger partial charge in [0.1, 0.15) is 0 Å². The molecule has 0 saturated heterocycles. The molecule has 2 N–H and O–H groups in total. The molecule has 0 aliphatic rings. The van der Waals surface area contributed by atoms with E-state index in [-0.39, 0.29) is 6.04 Å². The Labute approximate surface area is 144 Å². The van der Waals surface area contributed by atoms with Crippen LogP contribution in [0.1, 0.15) is 18.5 Å². The molecule has 1 atom stereocenters. The van der Waals surface area contributed by atoms with Crippen LogP contribution in [0.25, 0.3) is 5.65 Å². The van der Waals surface area contributed by atoms with Gasteiger partial charge in [0, 0.05) is 17.4 Å². The molecule has 2 aromatic heterocycles. The SMILES string of the molecule is CC(Nc1ccc(Nc2ccc3nnnn3n2)cc1)c1ccccc1.